The zero-order valence-electron chi connectivity index (χ0n) is 10.00. The Morgan fingerprint density at radius 3 is 2.61 bits per heavy atom. The first-order valence-electron chi connectivity index (χ1n) is 5.65. The molecule has 1 heterocycles. The van der Waals surface area contributed by atoms with Crippen molar-refractivity contribution in [1.29, 1.82) is 0 Å². The summed E-state index contributed by atoms with van der Waals surface area (Å²) in [5.74, 6) is 0. The zero-order chi connectivity index (χ0) is 13.0. The molecular weight excluding hydrogens is 248 g/mol. The molecular formula is C13H14N2O2S. The van der Waals surface area contributed by atoms with E-state index in [1.165, 1.54) is 17.7 Å². The van der Waals surface area contributed by atoms with Crippen LogP contribution < -0.4 is 5.32 Å². The van der Waals surface area contributed by atoms with Gasteiger partial charge in [-0.25, -0.2) is 0 Å². The fourth-order valence-electron chi connectivity index (χ4n) is 1.65. The van der Waals surface area contributed by atoms with Gasteiger partial charge in [0.2, 0.25) is 0 Å². The highest BCUT2D eigenvalue weighted by Crippen LogP contribution is 2.17. The number of nitrogens with zero attached hydrogens (tertiary/aromatic N) is 1. The van der Waals surface area contributed by atoms with E-state index in [9.17, 15) is 10.1 Å². The first-order chi connectivity index (χ1) is 8.66. The van der Waals surface area contributed by atoms with Gasteiger partial charge in [-0.15, -0.1) is 0 Å². The molecule has 1 unspecified atom stereocenters. The maximum Gasteiger partial charge on any atom is 0.269 e. The summed E-state index contributed by atoms with van der Waals surface area (Å²) in [4.78, 5) is 10.1. The Morgan fingerprint density at radius 1 is 1.33 bits per heavy atom. The average molecular weight is 262 g/mol. The van der Waals surface area contributed by atoms with Crippen LogP contribution in [0, 0.1) is 10.1 Å². The minimum atomic E-state index is -0.384. The predicted molar refractivity (Wildman–Crippen MR) is 72.7 cm³/mol. The molecule has 0 spiro atoms. The lowest BCUT2D eigenvalue weighted by atomic mass is 10.1. The van der Waals surface area contributed by atoms with Crippen LogP contribution in [-0.4, -0.2) is 4.92 Å². The van der Waals surface area contributed by atoms with Crippen LogP contribution in [0.3, 0.4) is 0 Å². The van der Waals surface area contributed by atoms with Crippen molar-refractivity contribution in [1.82, 2.24) is 5.32 Å². The van der Waals surface area contributed by atoms with Crippen molar-refractivity contribution in [2.45, 2.75) is 19.5 Å². The molecule has 0 saturated carbocycles. The summed E-state index contributed by atoms with van der Waals surface area (Å²) in [6.45, 7) is 2.81. The minimum absolute atomic E-state index is 0.129. The Balaban J connectivity index is 1.92. The van der Waals surface area contributed by atoms with Gasteiger partial charge in [-0.2, -0.15) is 11.3 Å². The van der Waals surface area contributed by atoms with Crippen LogP contribution in [0.5, 0.6) is 0 Å². The number of hydrogen-bond donors (Lipinski definition) is 1. The van der Waals surface area contributed by atoms with Crippen molar-refractivity contribution in [2.24, 2.45) is 0 Å². The van der Waals surface area contributed by atoms with E-state index in [1.54, 1.807) is 23.5 Å². The molecule has 0 aliphatic rings. The summed E-state index contributed by atoms with van der Waals surface area (Å²) in [5.41, 5.74) is 2.44. The van der Waals surface area contributed by atoms with Gasteiger partial charge in [-0.05, 0) is 34.9 Å². The lowest BCUT2D eigenvalue weighted by molar-refractivity contribution is -0.384. The maximum absolute atomic E-state index is 10.5. The van der Waals surface area contributed by atoms with E-state index in [-0.39, 0.29) is 16.7 Å². The molecule has 0 saturated heterocycles. The molecule has 94 valence electrons. The maximum atomic E-state index is 10.5. The second kappa shape index (κ2) is 5.75. The number of benzene rings is 1. The standard InChI is InChI=1S/C13H14N2O2S/c1-10(12-6-7-18-9-12)14-8-11-2-4-13(5-3-11)15(16)17/h2-7,9-10,14H,8H2,1H3. The van der Waals surface area contributed by atoms with Crippen molar-refractivity contribution in [2.75, 3.05) is 0 Å². The molecule has 0 aliphatic carbocycles. The average Bonchev–Trinajstić information content (AvgIpc) is 2.90. The molecule has 1 aromatic carbocycles. The second-order valence-electron chi connectivity index (χ2n) is 4.08. The first kappa shape index (κ1) is 12.7. The summed E-state index contributed by atoms with van der Waals surface area (Å²) < 4.78 is 0. The van der Waals surface area contributed by atoms with E-state index in [4.69, 9.17) is 0 Å². The number of nitro groups is 1. The summed E-state index contributed by atoms with van der Waals surface area (Å²) in [6.07, 6.45) is 0. The number of nitrogens with one attached hydrogen (secondary N) is 1. The van der Waals surface area contributed by atoms with E-state index in [1.807, 2.05) is 0 Å². The van der Waals surface area contributed by atoms with Crippen molar-refractivity contribution >= 4 is 17.0 Å². The fraction of sp³-hybridized carbons (Fsp3) is 0.231. The largest absolute Gasteiger partial charge is 0.306 e. The highest BCUT2D eigenvalue weighted by molar-refractivity contribution is 7.07. The summed E-state index contributed by atoms with van der Waals surface area (Å²) in [6, 6.07) is 9.01. The Labute approximate surface area is 109 Å². The van der Waals surface area contributed by atoms with Crippen molar-refractivity contribution in [3.8, 4) is 0 Å². The van der Waals surface area contributed by atoms with E-state index in [2.05, 4.69) is 29.1 Å². The molecule has 4 nitrogen and oxygen atoms in total. The van der Waals surface area contributed by atoms with Gasteiger partial charge in [0, 0.05) is 24.7 Å². The number of nitro benzene ring substituents is 1. The number of rotatable bonds is 5. The normalized spacial score (nSPS) is 12.3. The van der Waals surface area contributed by atoms with Gasteiger partial charge >= 0.3 is 0 Å². The molecule has 2 aromatic rings. The van der Waals surface area contributed by atoms with E-state index in [0.717, 1.165) is 5.56 Å². The summed E-state index contributed by atoms with van der Waals surface area (Å²) in [5, 5.41) is 18.1. The molecule has 0 bridgehead atoms. The second-order valence-corrected chi connectivity index (χ2v) is 4.86. The Hall–Kier alpha value is -1.72. The molecule has 0 fully saturated rings. The smallest absolute Gasteiger partial charge is 0.269 e. The number of thiophene rings is 1. The van der Waals surface area contributed by atoms with Crippen LogP contribution in [0.1, 0.15) is 24.1 Å². The monoisotopic (exact) mass is 262 g/mol. The molecule has 2 rings (SSSR count). The van der Waals surface area contributed by atoms with E-state index >= 15 is 0 Å². The summed E-state index contributed by atoms with van der Waals surface area (Å²) >= 11 is 1.68. The van der Waals surface area contributed by atoms with Crippen molar-refractivity contribution in [3.05, 3.63) is 62.3 Å². The van der Waals surface area contributed by atoms with E-state index < -0.39 is 0 Å². The van der Waals surface area contributed by atoms with Crippen molar-refractivity contribution < 1.29 is 4.92 Å². The molecule has 18 heavy (non-hydrogen) atoms. The van der Waals surface area contributed by atoms with Gasteiger partial charge in [-0.1, -0.05) is 12.1 Å². The van der Waals surface area contributed by atoms with Crippen LogP contribution in [-0.2, 0) is 6.54 Å². The van der Waals surface area contributed by atoms with Gasteiger partial charge < -0.3 is 5.32 Å². The van der Waals surface area contributed by atoms with Crippen LogP contribution >= 0.6 is 11.3 Å². The number of hydrogen-bond acceptors (Lipinski definition) is 4. The summed E-state index contributed by atoms with van der Waals surface area (Å²) in [7, 11) is 0. The number of non-ortho nitro benzene ring substituents is 1. The Morgan fingerprint density at radius 2 is 2.06 bits per heavy atom. The third-order valence-electron chi connectivity index (χ3n) is 2.80. The van der Waals surface area contributed by atoms with Gasteiger partial charge in [0.1, 0.15) is 0 Å². The molecule has 1 aromatic heterocycles. The highest BCUT2D eigenvalue weighted by atomic mass is 32.1. The topological polar surface area (TPSA) is 55.2 Å². The highest BCUT2D eigenvalue weighted by Gasteiger charge is 2.06. The van der Waals surface area contributed by atoms with Crippen LogP contribution in [0.15, 0.2) is 41.1 Å². The lowest BCUT2D eigenvalue weighted by Gasteiger charge is -2.12. The molecule has 0 aliphatic heterocycles. The first-order valence-corrected chi connectivity index (χ1v) is 6.60. The van der Waals surface area contributed by atoms with Gasteiger partial charge in [-0.3, -0.25) is 10.1 Å². The van der Waals surface area contributed by atoms with Gasteiger partial charge in [0.15, 0.2) is 0 Å². The SMILES string of the molecule is CC(NCc1ccc([N+](=O)[O-])cc1)c1ccsc1. The molecule has 1 atom stereocenters. The minimum Gasteiger partial charge on any atom is -0.306 e. The molecule has 0 radical (unpaired) electrons. The quantitative estimate of drug-likeness (QED) is 0.662. The molecule has 1 N–H and O–H groups in total. The third kappa shape index (κ3) is 3.15. The van der Waals surface area contributed by atoms with E-state index in [0.29, 0.717) is 6.54 Å². The van der Waals surface area contributed by atoms with Crippen LogP contribution in [0.25, 0.3) is 0 Å². The van der Waals surface area contributed by atoms with Crippen molar-refractivity contribution in [3.63, 3.8) is 0 Å². The lowest BCUT2D eigenvalue weighted by Crippen LogP contribution is -2.17. The van der Waals surface area contributed by atoms with Gasteiger partial charge in [0.25, 0.3) is 5.69 Å². The van der Waals surface area contributed by atoms with Crippen LogP contribution in [0.4, 0.5) is 5.69 Å². The van der Waals surface area contributed by atoms with Gasteiger partial charge in [0.05, 0.1) is 4.92 Å². The zero-order valence-corrected chi connectivity index (χ0v) is 10.8. The molecule has 0 amide bonds. The third-order valence-corrected chi connectivity index (χ3v) is 3.50. The fourth-order valence-corrected chi connectivity index (χ4v) is 2.40. The predicted octanol–water partition coefficient (Wildman–Crippen LogP) is 3.51. The Kier molecular flexibility index (Phi) is 4.07. The molecule has 5 heteroatoms. The van der Waals surface area contributed by atoms with Crippen LogP contribution in [0.2, 0.25) is 0 Å². The Bertz CT molecular complexity index is 508.